The van der Waals surface area contributed by atoms with Crippen LogP contribution >= 0.6 is 11.6 Å². The van der Waals surface area contributed by atoms with E-state index in [4.69, 9.17) is 23.1 Å². The fourth-order valence-electron chi connectivity index (χ4n) is 3.32. The van der Waals surface area contributed by atoms with Gasteiger partial charge in [0.1, 0.15) is 0 Å². The van der Waals surface area contributed by atoms with Crippen LogP contribution in [0.3, 0.4) is 0 Å². The molecule has 6 heteroatoms. The summed E-state index contributed by atoms with van der Waals surface area (Å²) in [6.07, 6.45) is 2.45. The molecule has 20 heavy (non-hydrogen) atoms. The van der Waals surface area contributed by atoms with Gasteiger partial charge >= 0.3 is 0 Å². The molecule has 2 aliphatic heterocycles. The van der Waals surface area contributed by atoms with Gasteiger partial charge in [0.15, 0.2) is 0 Å². The zero-order valence-electron chi connectivity index (χ0n) is 11.3. The second-order valence-corrected chi connectivity index (χ2v) is 5.95. The number of nitrogen functional groups attached to an aromatic ring is 1. The van der Waals surface area contributed by atoms with E-state index in [0.717, 1.165) is 25.3 Å². The Morgan fingerprint density at radius 3 is 2.85 bits per heavy atom. The van der Waals surface area contributed by atoms with Gasteiger partial charge in [0.05, 0.1) is 16.3 Å². The van der Waals surface area contributed by atoms with E-state index in [1.54, 1.807) is 12.1 Å². The number of primary amides is 1. The van der Waals surface area contributed by atoms with Crippen LogP contribution in [0.5, 0.6) is 0 Å². The molecular formula is C14H19ClN4O. The fraction of sp³-hybridized carbons (Fsp3) is 0.500. The Hall–Kier alpha value is -1.46. The maximum absolute atomic E-state index is 11.7. The van der Waals surface area contributed by atoms with E-state index < -0.39 is 5.91 Å². The number of hydrogen-bond acceptors (Lipinski definition) is 4. The normalized spacial score (nSPS) is 22.9. The molecule has 4 N–H and O–H groups in total. The molecule has 108 valence electrons. The minimum absolute atomic E-state index is 0.418. The smallest absolute Gasteiger partial charge is 0.250 e. The number of benzene rings is 1. The lowest BCUT2D eigenvalue weighted by atomic mass is 10.1. The third kappa shape index (κ3) is 2.31. The van der Waals surface area contributed by atoms with Gasteiger partial charge in [-0.3, -0.25) is 9.69 Å². The number of carbonyl (C=O) groups excluding carboxylic acids is 1. The third-order valence-corrected chi connectivity index (χ3v) is 4.54. The average molecular weight is 295 g/mol. The first kappa shape index (κ1) is 13.5. The molecule has 2 fully saturated rings. The number of amides is 1. The zero-order valence-corrected chi connectivity index (χ0v) is 12.1. The average Bonchev–Trinajstić information content (AvgIpc) is 2.84. The summed E-state index contributed by atoms with van der Waals surface area (Å²) in [5.74, 6) is -0.483. The number of carbonyl (C=O) groups is 1. The van der Waals surface area contributed by atoms with E-state index in [0.29, 0.717) is 22.3 Å². The Morgan fingerprint density at radius 1 is 1.30 bits per heavy atom. The lowest BCUT2D eigenvalue weighted by Crippen LogP contribution is -2.50. The van der Waals surface area contributed by atoms with Crippen LogP contribution in [-0.4, -0.2) is 43.0 Å². The van der Waals surface area contributed by atoms with Crippen molar-refractivity contribution in [3.8, 4) is 0 Å². The van der Waals surface area contributed by atoms with Crippen molar-refractivity contribution in [2.24, 2.45) is 5.73 Å². The first-order valence-electron chi connectivity index (χ1n) is 6.94. The number of nitrogens with zero attached hydrogens (tertiary/aromatic N) is 2. The van der Waals surface area contributed by atoms with Gasteiger partial charge in [-0.15, -0.1) is 0 Å². The van der Waals surface area contributed by atoms with E-state index in [1.165, 1.54) is 19.4 Å². The molecule has 1 aromatic rings. The fourth-order valence-corrected chi connectivity index (χ4v) is 3.67. The van der Waals surface area contributed by atoms with Crippen molar-refractivity contribution in [1.29, 1.82) is 0 Å². The van der Waals surface area contributed by atoms with Crippen molar-refractivity contribution >= 4 is 28.9 Å². The van der Waals surface area contributed by atoms with E-state index in [2.05, 4.69) is 9.80 Å². The quantitative estimate of drug-likeness (QED) is 0.806. The lowest BCUT2D eigenvalue weighted by molar-refractivity contribution is 0.100. The van der Waals surface area contributed by atoms with Gasteiger partial charge < -0.3 is 16.4 Å². The van der Waals surface area contributed by atoms with Crippen molar-refractivity contribution in [1.82, 2.24) is 4.90 Å². The monoisotopic (exact) mass is 294 g/mol. The third-order valence-electron chi connectivity index (χ3n) is 4.25. The number of fused-ring (bicyclic) bond motifs is 1. The van der Waals surface area contributed by atoms with E-state index in [-0.39, 0.29) is 0 Å². The van der Waals surface area contributed by atoms with Gasteiger partial charge in [0.25, 0.3) is 5.91 Å². The summed E-state index contributed by atoms with van der Waals surface area (Å²) in [5, 5.41) is 0.505. The van der Waals surface area contributed by atoms with Crippen LogP contribution in [0.15, 0.2) is 12.1 Å². The highest BCUT2D eigenvalue weighted by Gasteiger charge is 2.32. The molecule has 0 saturated carbocycles. The minimum Gasteiger partial charge on any atom is -0.399 e. The molecule has 2 aliphatic rings. The molecular weight excluding hydrogens is 276 g/mol. The van der Waals surface area contributed by atoms with Gasteiger partial charge in [-0.25, -0.2) is 0 Å². The Labute approximate surface area is 123 Å². The molecule has 1 aromatic carbocycles. The predicted molar refractivity (Wildman–Crippen MR) is 81.2 cm³/mol. The molecule has 0 aliphatic carbocycles. The molecule has 2 saturated heterocycles. The summed E-state index contributed by atoms with van der Waals surface area (Å²) < 4.78 is 0. The van der Waals surface area contributed by atoms with E-state index in [9.17, 15) is 4.79 Å². The Kier molecular flexibility index (Phi) is 3.48. The number of hydrogen-bond donors (Lipinski definition) is 2. The summed E-state index contributed by atoms with van der Waals surface area (Å²) in [4.78, 5) is 16.3. The summed E-state index contributed by atoms with van der Waals surface area (Å²) in [6, 6.07) is 3.85. The SMILES string of the molecule is NC(=O)c1cc(N)cc(Cl)c1N1CCN2CCCC2C1. The summed E-state index contributed by atoms with van der Waals surface area (Å²) in [6.45, 7) is 3.94. The lowest BCUT2D eigenvalue weighted by Gasteiger charge is -2.39. The molecule has 0 spiro atoms. The van der Waals surface area contributed by atoms with Crippen molar-refractivity contribution in [2.45, 2.75) is 18.9 Å². The van der Waals surface area contributed by atoms with Gasteiger partial charge in [-0.2, -0.15) is 0 Å². The Bertz CT molecular complexity index is 548. The molecule has 0 radical (unpaired) electrons. The standard InChI is InChI=1S/C14H19ClN4O/c15-12-7-9(16)6-11(14(17)20)13(12)19-5-4-18-3-1-2-10(18)8-19/h6-7,10H,1-5,8,16H2,(H2,17,20). The number of nitrogens with two attached hydrogens (primary N) is 2. The molecule has 1 atom stereocenters. The summed E-state index contributed by atoms with van der Waals surface area (Å²) in [5.41, 5.74) is 12.9. The van der Waals surface area contributed by atoms with Crippen molar-refractivity contribution in [2.75, 3.05) is 36.8 Å². The predicted octanol–water partition coefficient (Wildman–Crippen LogP) is 1.31. The second kappa shape index (κ2) is 5.14. The van der Waals surface area contributed by atoms with Crippen LogP contribution in [0.1, 0.15) is 23.2 Å². The Morgan fingerprint density at radius 2 is 2.10 bits per heavy atom. The largest absolute Gasteiger partial charge is 0.399 e. The zero-order chi connectivity index (χ0) is 14.3. The minimum atomic E-state index is -0.483. The maximum Gasteiger partial charge on any atom is 0.250 e. The summed E-state index contributed by atoms with van der Waals surface area (Å²) >= 11 is 6.31. The van der Waals surface area contributed by atoms with E-state index in [1.807, 2.05) is 0 Å². The van der Waals surface area contributed by atoms with Crippen LogP contribution in [0.25, 0.3) is 0 Å². The van der Waals surface area contributed by atoms with Crippen molar-refractivity contribution < 1.29 is 4.79 Å². The maximum atomic E-state index is 11.7. The van der Waals surface area contributed by atoms with Gasteiger partial charge in [-0.05, 0) is 31.5 Å². The number of halogens is 1. The Balaban J connectivity index is 1.95. The van der Waals surface area contributed by atoms with E-state index >= 15 is 0 Å². The van der Waals surface area contributed by atoms with Crippen molar-refractivity contribution in [3.05, 3.63) is 22.7 Å². The van der Waals surface area contributed by atoms with Crippen LogP contribution in [0.4, 0.5) is 11.4 Å². The molecule has 0 aromatic heterocycles. The first-order valence-corrected chi connectivity index (χ1v) is 7.32. The number of piperazine rings is 1. The second-order valence-electron chi connectivity index (χ2n) is 5.54. The van der Waals surface area contributed by atoms with Gasteiger partial charge in [-0.1, -0.05) is 11.6 Å². The van der Waals surface area contributed by atoms with Gasteiger partial charge in [0, 0.05) is 31.4 Å². The van der Waals surface area contributed by atoms with Gasteiger partial charge in [0.2, 0.25) is 0 Å². The molecule has 1 unspecified atom stereocenters. The highest BCUT2D eigenvalue weighted by atomic mass is 35.5. The van der Waals surface area contributed by atoms with Crippen LogP contribution in [-0.2, 0) is 0 Å². The first-order chi connectivity index (χ1) is 9.56. The highest BCUT2D eigenvalue weighted by Crippen LogP contribution is 2.35. The molecule has 1 amide bonds. The molecule has 2 heterocycles. The number of rotatable bonds is 2. The molecule has 0 bridgehead atoms. The highest BCUT2D eigenvalue weighted by molar-refractivity contribution is 6.34. The number of anilines is 2. The van der Waals surface area contributed by atoms with Crippen molar-refractivity contribution in [3.63, 3.8) is 0 Å². The molecule has 5 nitrogen and oxygen atoms in total. The van der Waals surface area contributed by atoms with Crippen LogP contribution < -0.4 is 16.4 Å². The van der Waals surface area contributed by atoms with Crippen LogP contribution in [0, 0.1) is 0 Å². The molecule has 3 rings (SSSR count). The summed E-state index contributed by atoms with van der Waals surface area (Å²) in [7, 11) is 0. The topological polar surface area (TPSA) is 75.6 Å². The van der Waals surface area contributed by atoms with Crippen LogP contribution in [0.2, 0.25) is 5.02 Å².